The van der Waals surface area contributed by atoms with Gasteiger partial charge < -0.3 is 5.32 Å². The van der Waals surface area contributed by atoms with E-state index in [2.05, 4.69) is 53.4 Å². The first-order valence-electron chi connectivity index (χ1n) is 8.64. The maximum absolute atomic E-state index is 12.0. The third-order valence-electron chi connectivity index (χ3n) is 4.05. The Morgan fingerprint density at radius 2 is 2.08 bits per heavy atom. The number of nitrogens with zero attached hydrogens (tertiary/aromatic N) is 3. The van der Waals surface area contributed by atoms with Crippen molar-refractivity contribution in [2.75, 3.05) is 12.3 Å². The number of benzene rings is 1. The fraction of sp³-hybridized carbons (Fsp3) is 0.300. The Morgan fingerprint density at radius 3 is 2.88 bits per heavy atom. The Hall–Kier alpha value is -2.47. The average Bonchev–Trinajstić information content (AvgIpc) is 2.63. The molecule has 0 atom stereocenters. The molecule has 1 aromatic carbocycles. The van der Waals surface area contributed by atoms with E-state index in [1.807, 2.05) is 0 Å². The molecule has 2 aromatic heterocycles. The van der Waals surface area contributed by atoms with E-state index in [0.717, 1.165) is 16.2 Å². The van der Waals surface area contributed by atoms with Crippen molar-refractivity contribution in [3.8, 4) is 0 Å². The molecule has 0 aliphatic carbocycles. The number of pyridine rings is 1. The van der Waals surface area contributed by atoms with Gasteiger partial charge in [0.2, 0.25) is 5.91 Å². The van der Waals surface area contributed by atoms with Crippen LogP contribution in [0.2, 0.25) is 0 Å². The molecule has 0 aliphatic rings. The van der Waals surface area contributed by atoms with Crippen LogP contribution in [0.3, 0.4) is 0 Å². The van der Waals surface area contributed by atoms with Gasteiger partial charge in [-0.15, -0.1) is 11.8 Å². The first-order chi connectivity index (χ1) is 12.6. The van der Waals surface area contributed by atoms with Crippen molar-refractivity contribution in [3.05, 3.63) is 59.7 Å². The second-order valence-corrected chi connectivity index (χ2v) is 7.31. The number of carbonyl (C=O) groups excluding carboxylic acids is 1. The number of thioether (sulfide) groups is 1. The molecule has 0 fully saturated rings. The molecule has 134 valence electrons. The molecule has 5 nitrogen and oxygen atoms in total. The van der Waals surface area contributed by atoms with Gasteiger partial charge in [0.1, 0.15) is 0 Å². The summed E-state index contributed by atoms with van der Waals surface area (Å²) in [6.45, 7) is 4.77. The number of rotatable bonds is 7. The molecule has 26 heavy (non-hydrogen) atoms. The molecular weight excluding hydrogens is 344 g/mol. The molecule has 6 heteroatoms. The molecular formula is C20H22N4OS. The van der Waals surface area contributed by atoms with Crippen LogP contribution in [-0.4, -0.2) is 33.2 Å². The molecule has 3 rings (SSSR count). The van der Waals surface area contributed by atoms with Crippen molar-refractivity contribution < 1.29 is 4.79 Å². The number of aromatic nitrogens is 3. The van der Waals surface area contributed by atoms with Crippen LogP contribution >= 0.6 is 11.8 Å². The molecule has 0 saturated heterocycles. The summed E-state index contributed by atoms with van der Waals surface area (Å²) >= 11 is 1.62. The van der Waals surface area contributed by atoms with Crippen LogP contribution in [0.4, 0.5) is 0 Å². The molecule has 1 N–H and O–H groups in total. The number of hydrogen-bond donors (Lipinski definition) is 1. The summed E-state index contributed by atoms with van der Waals surface area (Å²) in [5.74, 6) is 0.760. The fourth-order valence-electron chi connectivity index (χ4n) is 2.68. The fourth-order valence-corrected chi connectivity index (χ4v) is 3.60. The van der Waals surface area contributed by atoms with Gasteiger partial charge in [-0.05, 0) is 37.6 Å². The number of nitrogens with one attached hydrogen (secondary N) is 1. The van der Waals surface area contributed by atoms with Gasteiger partial charge in [0.05, 0.1) is 16.2 Å². The maximum Gasteiger partial charge on any atom is 0.220 e. The third kappa shape index (κ3) is 5.02. The predicted molar refractivity (Wildman–Crippen MR) is 105 cm³/mol. The van der Waals surface area contributed by atoms with Crippen molar-refractivity contribution in [3.63, 3.8) is 0 Å². The zero-order valence-electron chi connectivity index (χ0n) is 15.0. The minimum atomic E-state index is 0.0505. The van der Waals surface area contributed by atoms with Gasteiger partial charge in [-0.3, -0.25) is 14.8 Å². The summed E-state index contributed by atoms with van der Waals surface area (Å²) < 4.78 is 0. The van der Waals surface area contributed by atoms with E-state index in [0.29, 0.717) is 25.1 Å². The first-order valence-corrected chi connectivity index (χ1v) is 9.63. The van der Waals surface area contributed by atoms with Gasteiger partial charge in [-0.2, -0.15) is 0 Å². The van der Waals surface area contributed by atoms with Crippen molar-refractivity contribution >= 4 is 28.6 Å². The van der Waals surface area contributed by atoms with Crippen LogP contribution in [0.5, 0.6) is 0 Å². The van der Waals surface area contributed by atoms with E-state index in [1.165, 1.54) is 16.5 Å². The smallest absolute Gasteiger partial charge is 0.220 e. The normalized spacial score (nSPS) is 10.8. The van der Waals surface area contributed by atoms with Gasteiger partial charge in [0, 0.05) is 49.1 Å². The van der Waals surface area contributed by atoms with Gasteiger partial charge >= 0.3 is 0 Å². The SMILES string of the molecule is Cc1ccc2nc(SCCC(=O)NCCc3cnccn3)cc(C)c2c1. The van der Waals surface area contributed by atoms with Crippen LogP contribution in [0.1, 0.15) is 23.2 Å². The Morgan fingerprint density at radius 1 is 1.19 bits per heavy atom. The van der Waals surface area contributed by atoms with Crippen molar-refractivity contribution in [2.45, 2.75) is 31.7 Å². The van der Waals surface area contributed by atoms with Crippen molar-refractivity contribution in [1.29, 1.82) is 0 Å². The second kappa shape index (κ2) is 8.76. The van der Waals surface area contributed by atoms with Crippen molar-refractivity contribution in [2.24, 2.45) is 0 Å². The third-order valence-corrected chi connectivity index (χ3v) is 4.96. The van der Waals surface area contributed by atoms with Gasteiger partial charge in [0.25, 0.3) is 0 Å². The van der Waals surface area contributed by atoms with E-state index < -0.39 is 0 Å². The quantitative estimate of drug-likeness (QED) is 0.649. The van der Waals surface area contributed by atoms with E-state index in [4.69, 9.17) is 4.98 Å². The molecule has 0 unspecified atom stereocenters. The lowest BCUT2D eigenvalue weighted by molar-refractivity contribution is -0.120. The van der Waals surface area contributed by atoms with Gasteiger partial charge in [-0.25, -0.2) is 4.98 Å². The molecule has 1 amide bonds. The number of aryl methyl sites for hydroxylation is 2. The monoisotopic (exact) mass is 366 g/mol. The number of carbonyl (C=O) groups is 1. The second-order valence-electron chi connectivity index (χ2n) is 6.19. The molecule has 0 bridgehead atoms. The summed E-state index contributed by atoms with van der Waals surface area (Å²) in [5, 5.41) is 5.08. The minimum absolute atomic E-state index is 0.0505. The van der Waals surface area contributed by atoms with Crippen LogP contribution in [0.15, 0.2) is 47.9 Å². The number of amides is 1. The summed E-state index contributed by atoms with van der Waals surface area (Å²) in [6.07, 6.45) is 6.18. The number of fused-ring (bicyclic) bond motifs is 1. The Labute approximate surface area is 157 Å². The van der Waals surface area contributed by atoms with E-state index in [-0.39, 0.29) is 5.91 Å². The van der Waals surface area contributed by atoms with E-state index >= 15 is 0 Å². The highest BCUT2D eigenvalue weighted by molar-refractivity contribution is 7.99. The van der Waals surface area contributed by atoms with Crippen LogP contribution < -0.4 is 5.32 Å². The molecule has 0 spiro atoms. The maximum atomic E-state index is 12.0. The Bertz CT molecular complexity index is 899. The minimum Gasteiger partial charge on any atom is -0.356 e. The molecule has 0 aliphatic heterocycles. The molecule has 3 aromatic rings. The largest absolute Gasteiger partial charge is 0.356 e. The molecule has 2 heterocycles. The van der Waals surface area contributed by atoms with E-state index in [1.54, 1.807) is 30.4 Å². The van der Waals surface area contributed by atoms with Crippen LogP contribution in [0, 0.1) is 13.8 Å². The highest BCUT2D eigenvalue weighted by Gasteiger charge is 2.06. The van der Waals surface area contributed by atoms with Crippen LogP contribution in [-0.2, 0) is 11.2 Å². The van der Waals surface area contributed by atoms with Gasteiger partial charge in [-0.1, -0.05) is 11.6 Å². The zero-order chi connectivity index (χ0) is 18.4. The standard InChI is InChI=1S/C20H22N4OS/c1-14-3-4-18-17(11-14)15(2)12-20(24-18)26-10-6-19(25)23-7-5-16-13-21-8-9-22-16/h3-4,8-9,11-13H,5-7,10H2,1-2H3,(H,23,25). The summed E-state index contributed by atoms with van der Waals surface area (Å²) in [6, 6.07) is 8.39. The first kappa shape index (κ1) is 18.3. The average molecular weight is 366 g/mol. The lowest BCUT2D eigenvalue weighted by Crippen LogP contribution is -2.26. The highest BCUT2D eigenvalue weighted by Crippen LogP contribution is 2.24. The molecule has 0 radical (unpaired) electrons. The lowest BCUT2D eigenvalue weighted by Gasteiger charge is -2.08. The lowest BCUT2D eigenvalue weighted by atomic mass is 10.1. The van der Waals surface area contributed by atoms with E-state index in [9.17, 15) is 4.79 Å². The Kier molecular flexibility index (Phi) is 6.17. The predicted octanol–water partition coefficient (Wildman–Crippen LogP) is 3.48. The summed E-state index contributed by atoms with van der Waals surface area (Å²) in [4.78, 5) is 24.9. The molecule has 0 saturated carbocycles. The van der Waals surface area contributed by atoms with Crippen molar-refractivity contribution in [1.82, 2.24) is 20.3 Å². The van der Waals surface area contributed by atoms with Crippen LogP contribution in [0.25, 0.3) is 10.9 Å². The Balaban J connectivity index is 1.46. The zero-order valence-corrected chi connectivity index (χ0v) is 15.8. The highest BCUT2D eigenvalue weighted by atomic mass is 32.2. The van der Waals surface area contributed by atoms with Gasteiger partial charge in [0.15, 0.2) is 0 Å². The summed E-state index contributed by atoms with van der Waals surface area (Å²) in [7, 11) is 0. The number of hydrogen-bond acceptors (Lipinski definition) is 5. The topological polar surface area (TPSA) is 67.8 Å². The summed E-state index contributed by atoms with van der Waals surface area (Å²) in [5.41, 5.74) is 4.34.